The Labute approximate surface area is 192 Å². The Kier molecular flexibility index (Phi) is 6.68. The van der Waals surface area contributed by atoms with Crippen LogP contribution in [-0.2, 0) is 11.3 Å². The van der Waals surface area contributed by atoms with Crippen molar-refractivity contribution in [3.05, 3.63) is 70.8 Å². The van der Waals surface area contributed by atoms with Crippen LogP contribution in [0.4, 0.5) is 4.79 Å². The molecule has 2 aliphatic heterocycles. The minimum absolute atomic E-state index is 0.0249. The van der Waals surface area contributed by atoms with E-state index < -0.39 is 0 Å². The van der Waals surface area contributed by atoms with Crippen molar-refractivity contribution in [3.63, 3.8) is 0 Å². The molecule has 2 fully saturated rings. The zero-order chi connectivity index (χ0) is 22.8. The van der Waals surface area contributed by atoms with Gasteiger partial charge in [-0.2, -0.15) is 0 Å². The molecule has 2 heterocycles. The molecule has 2 bridgehead atoms. The van der Waals surface area contributed by atoms with E-state index in [1.54, 1.807) is 0 Å². The predicted octanol–water partition coefficient (Wildman–Crippen LogP) is 6.70. The molecule has 4 nitrogen and oxygen atoms in total. The molecule has 4 heteroatoms. The Morgan fingerprint density at radius 2 is 1.44 bits per heavy atom. The number of carbonyl (C=O) groups is 2. The highest BCUT2D eigenvalue weighted by atomic mass is 16.6. The quantitative estimate of drug-likeness (QED) is 0.476. The van der Waals surface area contributed by atoms with E-state index in [0.717, 1.165) is 47.9 Å². The highest BCUT2D eigenvalue weighted by Gasteiger charge is 2.46. The summed E-state index contributed by atoms with van der Waals surface area (Å²) in [5.74, 6) is 0.852. The smallest absolute Gasteiger partial charge is 0.410 e. The third-order valence-corrected chi connectivity index (χ3v) is 7.14. The van der Waals surface area contributed by atoms with Gasteiger partial charge in [0.05, 0.1) is 0 Å². The lowest BCUT2D eigenvalue weighted by Gasteiger charge is -2.38. The largest absolute Gasteiger partial charge is 0.445 e. The number of ether oxygens (including phenoxy) is 1. The van der Waals surface area contributed by atoms with Gasteiger partial charge in [-0.1, -0.05) is 76.2 Å². The van der Waals surface area contributed by atoms with Crippen LogP contribution in [-0.4, -0.2) is 28.9 Å². The molecule has 0 spiro atoms. The number of hydrogen-bond acceptors (Lipinski definition) is 3. The number of benzene rings is 2. The van der Waals surface area contributed by atoms with E-state index in [1.165, 1.54) is 0 Å². The summed E-state index contributed by atoms with van der Waals surface area (Å²) in [6, 6.07) is 16.3. The average Bonchev–Trinajstić information content (AvgIpc) is 3.06. The van der Waals surface area contributed by atoms with Crippen molar-refractivity contribution in [2.75, 3.05) is 0 Å². The van der Waals surface area contributed by atoms with Crippen molar-refractivity contribution in [1.82, 2.24) is 4.90 Å². The molecule has 0 saturated carbocycles. The number of rotatable bonds is 6. The second-order valence-electron chi connectivity index (χ2n) is 9.99. The summed E-state index contributed by atoms with van der Waals surface area (Å²) in [5.41, 5.74) is 4.23. The minimum atomic E-state index is -0.238. The van der Waals surface area contributed by atoms with Gasteiger partial charge in [0.15, 0.2) is 5.78 Å². The number of ketones is 1. The lowest BCUT2D eigenvalue weighted by molar-refractivity contribution is 0.0484. The maximum absolute atomic E-state index is 13.8. The lowest BCUT2D eigenvalue weighted by Crippen LogP contribution is -2.48. The fourth-order valence-corrected chi connectivity index (χ4v) is 5.52. The summed E-state index contributed by atoms with van der Waals surface area (Å²) in [5, 5.41) is 0. The zero-order valence-electron chi connectivity index (χ0n) is 19.7. The van der Waals surface area contributed by atoms with Gasteiger partial charge in [0.1, 0.15) is 6.61 Å². The lowest BCUT2D eigenvalue weighted by atomic mass is 9.79. The van der Waals surface area contributed by atoms with Crippen molar-refractivity contribution >= 4 is 11.9 Å². The number of nitrogens with zero attached hydrogens (tertiary/aromatic N) is 1. The van der Waals surface area contributed by atoms with Gasteiger partial charge in [0, 0.05) is 23.6 Å². The van der Waals surface area contributed by atoms with Crippen molar-refractivity contribution in [2.45, 2.75) is 83.9 Å². The van der Waals surface area contributed by atoms with Gasteiger partial charge in [0.2, 0.25) is 0 Å². The first-order valence-corrected chi connectivity index (χ1v) is 12.0. The van der Waals surface area contributed by atoms with Crippen LogP contribution >= 0.6 is 0 Å². The summed E-state index contributed by atoms with van der Waals surface area (Å²) < 4.78 is 5.63. The van der Waals surface area contributed by atoms with Crippen molar-refractivity contribution in [1.29, 1.82) is 0 Å². The van der Waals surface area contributed by atoms with E-state index >= 15 is 0 Å². The van der Waals surface area contributed by atoms with Crippen LogP contribution in [0.1, 0.15) is 92.3 Å². The fourth-order valence-electron chi connectivity index (χ4n) is 5.52. The Bertz CT molecular complexity index is 926. The first-order valence-electron chi connectivity index (χ1n) is 12.0. The van der Waals surface area contributed by atoms with Crippen molar-refractivity contribution < 1.29 is 14.3 Å². The number of hydrogen-bond donors (Lipinski definition) is 0. The highest BCUT2D eigenvalue weighted by molar-refractivity contribution is 6.01. The normalized spacial score (nSPS) is 22.4. The van der Waals surface area contributed by atoms with Crippen LogP contribution < -0.4 is 0 Å². The van der Waals surface area contributed by atoms with Gasteiger partial charge in [-0.3, -0.25) is 4.79 Å². The van der Waals surface area contributed by atoms with Gasteiger partial charge in [0.25, 0.3) is 0 Å². The molecule has 4 rings (SSSR count). The molecule has 0 N–H and O–H groups in total. The minimum Gasteiger partial charge on any atom is -0.445 e. The second-order valence-corrected chi connectivity index (χ2v) is 9.99. The first kappa shape index (κ1) is 22.6. The fraction of sp³-hybridized carbons (Fsp3) is 0.500. The molecule has 2 aromatic rings. The topological polar surface area (TPSA) is 46.6 Å². The van der Waals surface area contributed by atoms with Crippen LogP contribution in [0.15, 0.2) is 48.5 Å². The Morgan fingerprint density at radius 3 is 1.97 bits per heavy atom. The summed E-state index contributed by atoms with van der Waals surface area (Å²) >= 11 is 0. The maximum atomic E-state index is 13.8. The molecule has 2 aliphatic rings. The molecule has 170 valence electrons. The van der Waals surface area contributed by atoms with E-state index in [0.29, 0.717) is 11.8 Å². The monoisotopic (exact) mass is 433 g/mol. The number of fused-ring (bicyclic) bond motifs is 2. The van der Waals surface area contributed by atoms with Crippen LogP contribution in [0.3, 0.4) is 0 Å². The van der Waals surface area contributed by atoms with Crippen LogP contribution in [0.2, 0.25) is 0 Å². The molecular formula is C28H35NO3. The Morgan fingerprint density at radius 1 is 0.875 bits per heavy atom. The molecule has 2 saturated heterocycles. The molecule has 32 heavy (non-hydrogen) atoms. The Balaban J connectivity index is 1.49. The van der Waals surface area contributed by atoms with E-state index in [2.05, 4.69) is 45.9 Å². The van der Waals surface area contributed by atoms with Gasteiger partial charge in [-0.05, 0) is 54.2 Å². The Hall–Kier alpha value is -2.62. The molecule has 0 radical (unpaired) electrons. The number of Topliss-reactive ketones (excluding diaryl/α,β-unsaturated/α-hetero) is 1. The van der Waals surface area contributed by atoms with E-state index in [9.17, 15) is 9.59 Å². The molecule has 0 aliphatic carbocycles. The summed E-state index contributed by atoms with van der Waals surface area (Å²) in [6.45, 7) is 8.92. The van der Waals surface area contributed by atoms with Crippen LogP contribution in [0.25, 0.3) is 0 Å². The number of piperidine rings is 1. The van der Waals surface area contributed by atoms with Crippen molar-refractivity contribution in [2.24, 2.45) is 5.92 Å². The number of amides is 1. The molecular weight excluding hydrogens is 398 g/mol. The SMILES string of the molecule is CC(C)c1cccc(C(C)C)c1C(=O)C1CC2CCC(C1)N2C(=O)OCc1ccccc1. The maximum Gasteiger partial charge on any atom is 0.410 e. The number of carbonyl (C=O) groups excluding carboxylic acids is 2. The van der Waals surface area contributed by atoms with Gasteiger partial charge in [-0.15, -0.1) is 0 Å². The summed E-state index contributed by atoms with van der Waals surface area (Å²) in [7, 11) is 0. The van der Waals surface area contributed by atoms with Crippen molar-refractivity contribution in [3.8, 4) is 0 Å². The third kappa shape index (κ3) is 4.46. The molecule has 2 atom stereocenters. The molecule has 2 aromatic carbocycles. The zero-order valence-corrected chi connectivity index (χ0v) is 19.7. The van der Waals surface area contributed by atoms with Gasteiger partial charge >= 0.3 is 6.09 Å². The summed E-state index contributed by atoms with van der Waals surface area (Å²) in [4.78, 5) is 28.6. The van der Waals surface area contributed by atoms with Gasteiger partial charge < -0.3 is 9.64 Å². The van der Waals surface area contributed by atoms with Gasteiger partial charge in [-0.25, -0.2) is 4.79 Å². The van der Waals surface area contributed by atoms with Crippen LogP contribution in [0.5, 0.6) is 0 Å². The third-order valence-electron chi connectivity index (χ3n) is 7.14. The first-order chi connectivity index (χ1) is 15.4. The van der Waals surface area contributed by atoms with Crippen LogP contribution in [0, 0.1) is 5.92 Å². The van der Waals surface area contributed by atoms with E-state index in [4.69, 9.17) is 4.74 Å². The van der Waals surface area contributed by atoms with E-state index in [1.807, 2.05) is 35.2 Å². The standard InChI is InChI=1S/C28H35NO3/c1-18(2)24-11-8-12-25(19(3)4)26(24)27(30)21-15-22-13-14-23(16-21)29(22)28(31)32-17-20-9-6-5-7-10-20/h5-12,18-19,21-23H,13-17H2,1-4H3. The summed E-state index contributed by atoms with van der Waals surface area (Å²) in [6.07, 6.45) is 3.15. The molecule has 2 unspecified atom stereocenters. The average molecular weight is 434 g/mol. The highest BCUT2D eigenvalue weighted by Crippen LogP contribution is 2.42. The predicted molar refractivity (Wildman–Crippen MR) is 127 cm³/mol. The molecule has 1 amide bonds. The molecule has 0 aromatic heterocycles. The van der Waals surface area contributed by atoms with E-state index in [-0.39, 0.29) is 36.5 Å². The second kappa shape index (κ2) is 9.48.